The minimum atomic E-state index is -1.84. The highest BCUT2D eigenvalue weighted by atomic mass is 32.2. The maximum atomic E-state index is 15.7. The zero-order chi connectivity index (χ0) is 96.4. The lowest BCUT2D eigenvalue weighted by Gasteiger charge is -2.37. The number of aliphatic hydroxyl groups excluding tert-OH is 2. The average Bonchev–Trinajstić information content (AvgIpc) is 1.69. The van der Waals surface area contributed by atoms with Crippen LogP contribution in [0.5, 0.6) is 5.75 Å². The predicted octanol–water partition coefficient (Wildman–Crippen LogP) is -2.89. The molecule has 3 aromatic heterocycles. The quantitative estimate of drug-likeness (QED) is 0.0289. The van der Waals surface area contributed by atoms with Crippen molar-refractivity contribution >= 4 is 134 Å². The molecule has 15 amide bonds. The summed E-state index contributed by atoms with van der Waals surface area (Å²) >= 11 is 0.716. The van der Waals surface area contributed by atoms with E-state index in [0.717, 1.165) is 14.7 Å². The van der Waals surface area contributed by atoms with E-state index in [2.05, 4.69) is 78.7 Å². The number of carboxylic acids is 1. The molecule has 0 spiro atoms. The number of phenolic OH excluding ortho intramolecular Hbond substituents is 1. The number of hydrogen-bond acceptors (Lipinski definition) is 26. The number of phenols is 1. The summed E-state index contributed by atoms with van der Waals surface area (Å²) in [6.45, 7) is 3.65. The van der Waals surface area contributed by atoms with Crippen molar-refractivity contribution < 1.29 is 107 Å². The highest BCUT2D eigenvalue weighted by Crippen LogP contribution is 2.36. The molecular formula is C88H120N22O22S. The van der Waals surface area contributed by atoms with Gasteiger partial charge in [0.1, 0.15) is 72.2 Å². The van der Waals surface area contributed by atoms with Crippen molar-refractivity contribution in [2.24, 2.45) is 35.0 Å². The van der Waals surface area contributed by atoms with Crippen LogP contribution in [0.15, 0.2) is 85.2 Å². The number of aromatic amines is 2. The smallest absolute Gasteiger partial charge is 0.303 e. The first-order chi connectivity index (χ1) is 63.6. The van der Waals surface area contributed by atoms with E-state index in [1.54, 1.807) is 68.7 Å². The lowest BCUT2D eigenvalue weighted by Crippen LogP contribution is -2.63. The van der Waals surface area contributed by atoms with Crippen molar-refractivity contribution in [2.45, 2.75) is 221 Å². The number of fused-ring (bicyclic) bond motifs is 6. The van der Waals surface area contributed by atoms with E-state index in [4.69, 9.17) is 21.9 Å². The highest BCUT2D eigenvalue weighted by Gasteiger charge is 2.48. The number of nitrogens with two attached hydrogens (primary N) is 3. The molecule has 720 valence electrons. The second-order valence-corrected chi connectivity index (χ2v) is 35.3. The summed E-state index contributed by atoms with van der Waals surface area (Å²) in [5.41, 5.74) is 20.1. The summed E-state index contributed by atoms with van der Waals surface area (Å²) in [5.74, 6) is -21.2. The molecule has 3 fully saturated rings. The first-order valence-corrected chi connectivity index (χ1v) is 45.8. The Morgan fingerprint density at radius 2 is 1.17 bits per heavy atom. The third-order valence-corrected chi connectivity index (χ3v) is 25.1. The van der Waals surface area contributed by atoms with Gasteiger partial charge in [0, 0.05) is 98.2 Å². The Morgan fingerprint density at radius 1 is 0.602 bits per heavy atom. The summed E-state index contributed by atoms with van der Waals surface area (Å²) in [4.78, 5) is 256. The number of carboxylic acid groups (broad SMARTS) is 1. The molecular weight excluding hydrogens is 1750 g/mol. The van der Waals surface area contributed by atoms with Gasteiger partial charge in [0.15, 0.2) is 11.6 Å². The topological polar surface area (TPSA) is 664 Å². The monoisotopic (exact) mass is 1870 g/mol. The largest absolute Gasteiger partial charge is 0.508 e. The number of nitrogens with zero attached hydrogens (tertiary/aromatic N) is 7. The highest BCUT2D eigenvalue weighted by molar-refractivity contribution is 8.00. The Hall–Kier alpha value is -13.0. The Labute approximate surface area is 769 Å². The van der Waals surface area contributed by atoms with Crippen molar-refractivity contribution in [2.75, 3.05) is 64.6 Å². The van der Waals surface area contributed by atoms with Crippen LogP contribution >= 0.6 is 11.8 Å². The molecule has 1 saturated carbocycles. The Bertz CT molecular complexity index is 5180. The number of hydrogen-bond donors (Lipinski definition) is 19. The molecule has 16 atom stereocenters. The summed E-state index contributed by atoms with van der Waals surface area (Å²) < 4.78 is 6.89. The molecule has 10 rings (SSSR count). The van der Waals surface area contributed by atoms with Crippen LogP contribution < -0.4 is 70.4 Å². The average molecular weight is 1870 g/mol. The molecule has 6 heterocycles. The molecule has 1 aliphatic carbocycles. The van der Waals surface area contributed by atoms with Crippen LogP contribution in [0.4, 0.5) is 0 Å². The lowest BCUT2D eigenvalue weighted by molar-refractivity contribution is -0.152. The SMILES string of the molecule is CCCC[C@H]1C(=O)N[C@@H](CCC(=O)O)C(=O)NC(C(=O)NCC(N)=O)CSCC(=O)N[C@@H](Cc2ccc(O)cc2)C(=O)N2CCOC[C@H]2C(=O)N[C@@H](CC(N)=O)C(=O)N2CCC[C@H]2C(=O)N[C@@H](CN)C(=O)N[C@@H](CC(C)C)C(=O)C2C[C@H](O)C[C@H]2C(=O)N[C@@H](Cc2c[nH]c3ccccc23)C(=O)N[C@@H](CO)C(=O)N[C@@H](Cc2c[nH]c3ccccc23)c2nnnn2[C@@H](CCCC)C(=O)N1C. The number of aromatic nitrogens is 6. The van der Waals surface area contributed by atoms with Crippen LogP contribution in [0.2, 0.25) is 0 Å². The Kier molecular flexibility index (Phi) is 37.2. The number of unbranched alkanes of at least 4 members (excludes halogenated alkanes) is 2. The number of nitrogens with one attached hydrogen (secondary N) is 12. The summed E-state index contributed by atoms with van der Waals surface area (Å²) in [5, 5.41) is 83.3. The predicted molar refractivity (Wildman–Crippen MR) is 479 cm³/mol. The third kappa shape index (κ3) is 27.4. The molecule has 0 radical (unpaired) electrons. The van der Waals surface area contributed by atoms with Gasteiger partial charge in [-0.1, -0.05) is 102 Å². The number of carbonyl (C=O) groups is 17. The van der Waals surface area contributed by atoms with Crippen molar-refractivity contribution in [3.05, 3.63) is 108 Å². The number of aliphatic carboxylic acids is 1. The van der Waals surface area contributed by atoms with Gasteiger partial charge >= 0.3 is 5.97 Å². The van der Waals surface area contributed by atoms with Crippen LogP contribution in [0, 0.1) is 17.8 Å². The van der Waals surface area contributed by atoms with Gasteiger partial charge in [0.2, 0.25) is 88.6 Å². The van der Waals surface area contributed by atoms with Crippen LogP contribution in [0.3, 0.4) is 0 Å². The van der Waals surface area contributed by atoms with Crippen LogP contribution in [-0.2, 0) is 106 Å². The molecule has 2 unspecified atom stereocenters. The summed E-state index contributed by atoms with van der Waals surface area (Å²) in [7, 11) is 1.32. The van der Waals surface area contributed by atoms with E-state index < -0.39 is 254 Å². The van der Waals surface area contributed by atoms with Gasteiger partial charge in [-0.15, -0.1) is 16.9 Å². The fourth-order valence-corrected chi connectivity index (χ4v) is 18.0. The van der Waals surface area contributed by atoms with Gasteiger partial charge in [-0.2, -0.15) is 0 Å². The molecule has 4 aliphatic rings. The van der Waals surface area contributed by atoms with E-state index in [-0.39, 0.29) is 108 Å². The molecule has 6 aromatic rings. The van der Waals surface area contributed by atoms with Gasteiger partial charge in [0.25, 0.3) is 0 Å². The van der Waals surface area contributed by atoms with Gasteiger partial charge in [-0.05, 0) is 109 Å². The van der Waals surface area contributed by atoms with Gasteiger partial charge in [0.05, 0.1) is 62.6 Å². The number of likely N-dealkylation sites (N-methyl/N-ethyl adjacent to an activating group) is 1. The number of benzene rings is 3. The van der Waals surface area contributed by atoms with E-state index in [0.29, 0.717) is 69.5 Å². The normalized spacial score (nSPS) is 25.8. The second kappa shape index (κ2) is 48.4. The zero-order valence-corrected chi connectivity index (χ0v) is 75.5. The van der Waals surface area contributed by atoms with E-state index in [1.807, 2.05) is 19.9 Å². The number of amides is 15. The van der Waals surface area contributed by atoms with E-state index >= 15 is 33.6 Å². The summed E-state index contributed by atoms with van der Waals surface area (Å²) in [6.07, 6.45) is 0.0686. The number of rotatable bonds is 24. The number of H-pyrrole nitrogens is 2. The van der Waals surface area contributed by atoms with Crippen molar-refractivity contribution in [3.63, 3.8) is 0 Å². The lowest BCUT2D eigenvalue weighted by atomic mass is 9.84. The number of para-hydroxylation sites is 2. The maximum Gasteiger partial charge on any atom is 0.303 e. The maximum absolute atomic E-state index is 15.7. The number of tetrazole rings is 1. The standard InChI is InChI=1S/C88H120N22O22S/c1-6-8-19-67-83(126)96-58(26-27-74(117)118)79(122)103-66(78(121)94-41-72(91)115)44-133-45-73(116)95-62(32-47-22-24-50(112)25-23-47)86(129)109-29-30-132-43-70(109)85(128)100-63(37-71(90)114)87(130)108-28-14-21-68(108)84(127)101-64(38-89)81(124)97-59(31-46(3)4)75(119)54-35-51(113)36-55(54)77(120)99-61(34-49-40-93-57-18-13-11-16-53(49)57)80(123)102-65(42-111)82(125)98-60(33-48-39-92-56-17-12-10-15-52(48)56)76-104-105-106-110(76)69(20-9-7-2)88(131)107(67)5/h10-13,15-18,22-25,39-40,46,51,54-55,58-70,92-93,111-113H,6-9,14,19-21,26-38,41-45,89H2,1-5H3,(H2,90,114)(H2,91,115)(H,94,121)(H,95,116)(H,96,126)(H,97,124)(H,98,125)(H,99,120)(H,100,128)(H,101,127)(H,102,123)(H,103,122)(H,117,118)/t51-,54?,55+,58-,59-,60-,61-,62-,63-,64-,65-,66?,67-,68-,69-,70-/m0/s1. The number of primary amides is 2. The first kappa shape index (κ1) is 102. The van der Waals surface area contributed by atoms with Gasteiger partial charge in [-0.3, -0.25) is 81.5 Å². The third-order valence-electron chi connectivity index (χ3n) is 24.1. The second-order valence-electron chi connectivity index (χ2n) is 34.3. The minimum absolute atomic E-state index is 0.00523. The molecule has 133 heavy (non-hydrogen) atoms. The zero-order valence-electron chi connectivity index (χ0n) is 74.7. The number of ether oxygens (including phenoxy) is 1. The molecule has 3 aromatic carbocycles. The van der Waals surface area contributed by atoms with Crippen LogP contribution in [-0.4, -0.2) is 303 Å². The number of aliphatic hydroxyl groups is 2. The molecule has 3 aliphatic heterocycles. The molecule has 45 heteroatoms. The van der Waals surface area contributed by atoms with Gasteiger partial charge in [-0.25, -0.2) is 4.68 Å². The molecule has 2 saturated heterocycles. The number of ketones is 1. The number of aromatic hydroxyl groups is 1. The number of carbonyl (C=O) groups excluding carboxylic acids is 16. The Balaban J connectivity index is 1.02. The minimum Gasteiger partial charge on any atom is -0.508 e. The summed E-state index contributed by atoms with van der Waals surface area (Å²) in [6, 6.07) is -0.715. The number of morpholine rings is 1. The molecule has 44 nitrogen and oxygen atoms in total. The van der Waals surface area contributed by atoms with Crippen LogP contribution in [0.25, 0.3) is 21.8 Å². The fraction of sp³-hybridized carbons (Fsp3) is 0.545. The molecule has 22 N–H and O–H groups in total. The van der Waals surface area contributed by atoms with Crippen molar-refractivity contribution in [3.8, 4) is 5.75 Å². The van der Waals surface area contributed by atoms with Crippen LogP contribution in [0.1, 0.15) is 152 Å². The fourth-order valence-electron chi connectivity index (χ4n) is 17.1. The number of thioether (sulfide) groups is 1. The van der Waals surface area contributed by atoms with E-state index in [1.165, 1.54) is 36.0 Å². The van der Waals surface area contributed by atoms with Gasteiger partial charge < -0.3 is 120 Å². The van der Waals surface area contributed by atoms with Crippen molar-refractivity contribution in [1.29, 1.82) is 0 Å². The first-order valence-electron chi connectivity index (χ1n) is 44.6. The van der Waals surface area contributed by atoms with E-state index in [9.17, 15) is 68.4 Å². The molecule has 0 bridgehead atoms. The van der Waals surface area contributed by atoms with Crippen molar-refractivity contribution in [1.82, 2.24) is 98.0 Å². The Morgan fingerprint density at radius 3 is 1.80 bits per heavy atom. The number of Topliss-reactive ketones (excluding diaryl/α,β-unsaturated/α-hetero) is 1.